The summed E-state index contributed by atoms with van der Waals surface area (Å²) in [4.78, 5) is 13.2. The van der Waals surface area contributed by atoms with Crippen molar-refractivity contribution in [3.8, 4) is 0 Å². The van der Waals surface area contributed by atoms with Gasteiger partial charge in [-0.25, -0.2) is 0 Å². The molecule has 88 valence electrons. The molecule has 0 saturated heterocycles. The molecule has 1 atom stereocenters. The van der Waals surface area contributed by atoms with Crippen molar-refractivity contribution < 1.29 is 9.53 Å². The predicted octanol–water partition coefficient (Wildman–Crippen LogP) is 2.33. The first-order chi connectivity index (χ1) is 7.56. The van der Waals surface area contributed by atoms with Crippen LogP contribution in [0.25, 0.3) is 0 Å². The van der Waals surface area contributed by atoms with E-state index in [9.17, 15) is 4.79 Å². The monoisotopic (exact) mass is 241 g/mol. The van der Waals surface area contributed by atoms with Crippen molar-refractivity contribution in [1.29, 1.82) is 0 Å². The second kappa shape index (κ2) is 5.87. The minimum absolute atomic E-state index is 0.241. The van der Waals surface area contributed by atoms with Gasteiger partial charge in [0.15, 0.2) is 0 Å². The number of rotatable bonds is 4. The van der Waals surface area contributed by atoms with Crippen molar-refractivity contribution >= 4 is 17.6 Å². The topological polar surface area (TPSA) is 29.5 Å². The van der Waals surface area contributed by atoms with Crippen LogP contribution in [0.3, 0.4) is 0 Å². The first-order valence-corrected chi connectivity index (χ1v) is 5.45. The van der Waals surface area contributed by atoms with E-state index in [1.165, 1.54) is 7.11 Å². The molecule has 0 N–H and O–H groups in total. The largest absolute Gasteiger partial charge is 0.468 e. The van der Waals surface area contributed by atoms with Crippen molar-refractivity contribution in [3.05, 3.63) is 34.9 Å². The average molecular weight is 242 g/mol. The lowest BCUT2D eigenvalue weighted by molar-refractivity contribution is -0.145. The third kappa shape index (κ3) is 3.22. The van der Waals surface area contributed by atoms with Gasteiger partial charge >= 0.3 is 5.97 Å². The Morgan fingerprint density at radius 1 is 1.50 bits per heavy atom. The molecular formula is C12H16ClNO2. The maximum absolute atomic E-state index is 11.3. The molecule has 0 aliphatic heterocycles. The molecule has 1 aromatic rings. The quantitative estimate of drug-likeness (QED) is 0.758. The molecule has 0 aliphatic rings. The van der Waals surface area contributed by atoms with Gasteiger partial charge in [-0.05, 0) is 25.6 Å². The lowest BCUT2D eigenvalue weighted by Gasteiger charge is -2.22. The van der Waals surface area contributed by atoms with Crippen molar-refractivity contribution in [1.82, 2.24) is 4.90 Å². The Morgan fingerprint density at radius 2 is 2.12 bits per heavy atom. The number of nitrogens with zero attached hydrogens (tertiary/aromatic N) is 1. The van der Waals surface area contributed by atoms with Crippen LogP contribution in [0.4, 0.5) is 0 Å². The van der Waals surface area contributed by atoms with Crippen LogP contribution in [0.15, 0.2) is 24.3 Å². The summed E-state index contributed by atoms with van der Waals surface area (Å²) in [5.41, 5.74) is 1.00. The van der Waals surface area contributed by atoms with Crippen LogP contribution < -0.4 is 0 Å². The van der Waals surface area contributed by atoms with E-state index in [4.69, 9.17) is 11.6 Å². The molecule has 0 aromatic heterocycles. The highest BCUT2D eigenvalue weighted by atomic mass is 35.5. The van der Waals surface area contributed by atoms with E-state index in [0.717, 1.165) is 5.56 Å². The Bertz CT molecular complexity index is 368. The standard InChI is InChI=1S/C12H16ClNO2/c1-9(12(15)16-3)14(2)8-10-6-4-5-7-11(10)13/h4-7,9H,8H2,1-3H3. The number of likely N-dealkylation sites (N-methyl/N-ethyl adjacent to an activating group) is 1. The van der Waals surface area contributed by atoms with Gasteiger partial charge < -0.3 is 4.74 Å². The number of carbonyl (C=O) groups is 1. The summed E-state index contributed by atoms with van der Waals surface area (Å²) in [6.45, 7) is 2.43. The van der Waals surface area contributed by atoms with Gasteiger partial charge in [-0.15, -0.1) is 0 Å². The second-order valence-corrected chi connectivity index (χ2v) is 4.11. The van der Waals surface area contributed by atoms with Gasteiger partial charge in [0.2, 0.25) is 0 Å². The average Bonchev–Trinajstić information content (AvgIpc) is 2.30. The molecule has 0 spiro atoms. The number of halogens is 1. The SMILES string of the molecule is COC(=O)C(C)N(C)Cc1ccccc1Cl. The van der Waals surface area contributed by atoms with Crippen LogP contribution in [-0.4, -0.2) is 31.1 Å². The fraction of sp³-hybridized carbons (Fsp3) is 0.417. The fourth-order valence-electron chi connectivity index (χ4n) is 1.38. The van der Waals surface area contributed by atoms with E-state index in [1.54, 1.807) is 0 Å². The van der Waals surface area contributed by atoms with Gasteiger partial charge in [0, 0.05) is 11.6 Å². The van der Waals surface area contributed by atoms with Gasteiger partial charge in [0.1, 0.15) is 6.04 Å². The molecular weight excluding hydrogens is 226 g/mol. The maximum Gasteiger partial charge on any atom is 0.322 e. The van der Waals surface area contributed by atoms with Crippen molar-refractivity contribution in [2.75, 3.05) is 14.2 Å². The highest BCUT2D eigenvalue weighted by Crippen LogP contribution is 2.17. The van der Waals surface area contributed by atoms with Crippen molar-refractivity contribution in [2.24, 2.45) is 0 Å². The van der Waals surface area contributed by atoms with Gasteiger partial charge in [-0.1, -0.05) is 29.8 Å². The molecule has 0 fully saturated rings. The molecule has 1 aromatic carbocycles. The molecule has 0 saturated carbocycles. The molecule has 0 bridgehead atoms. The van der Waals surface area contributed by atoms with Crippen LogP contribution in [-0.2, 0) is 16.1 Å². The summed E-state index contributed by atoms with van der Waals surface area (Å²) in [6, 6.07) is 7.32. The molecule has 0 aliphatic carbocycles. The number of esters is 1. The van der Waals surface area contributed by atoms with E-state index in [0.29, 0.717) is 11.6 Å². The first-order valence-electron chi connectivity index (χ1n) is 5.07. The van der Waals surface area contributed by atoms with Crippen LogP contribution >= 0.6 is 11.6 Å². The minimum atomic E-state index is -0.277. The van der Waals surface area contributed by atoms with Crippen LogP contribution in [0.2, 0.25) is 5.02 Å². The Morgan fingerprint density at radius 3 is 2.69 bits per heavy atom. The van der Waals surface area contributed by atoms with Gasteiger partial charge in [0.05, 0.1) is 7.11 Å². The lowest BCUT2D eigenvalue weighted by atomic mass is 10.2. The van der Waals surface area contributed by atoms with Crippen LogP contribution in [0, 0.1) is 0 Å². The molecule has 4 heteroatoms. The fourth-order valence-corrected chi connectivity index (χ4v) is 1.58. The zero-order chi connectivity index (χ0) is 12.1. The zero-order valence-electron chi connectivity index (χ0n) is 9.74. The Labute approximate surface area is 101 Å². The lowest BCUT2D eigenvalue weighted by Crippen LogP contribution is -2.36. The van der Waals surface area contributed by atoms with Gasteiger partial charge in [-0.3, -0.25) is 9.69 Å². The van der Waals surface area contributed by atoms with E-state index in [2.05, 4.69) is 4.74 Å². The maximum atomic E-state index is 11.3. The Balaban J connectivity index is 2.68. The van der Waals surface area contributed by atoms with Crippen molar-refractivity contribution in [2.45, 2.75) is 19.5 Å². The number of carbonyl (C=O) groups excluding carboxylic acids is 1. The first kappa shape index (κ1) is 13.0. The van der Waals surface area contributed by atoms with E-state index >= 15 is 0 Å². The third-order valence-electron chi connectivity index (χ3n) is 2.58. The van der Waals surface area contributed by atoms with E-state index in [-0.39, 0.29) is 12.0 Å². The highest BCUT2D eigenvalue weighted by molar-refractivity contribution is 6.31. The van der Waals surface area contributed by atoms with Crippen LogP contribution in [0.5, 0.6) is 0 Å². The number of benzene rings is 1. The third-order valence-corrected chi connectivity index (χ3v) is 2.95. The van der Waals surface area contributed by atoms with Gasteiger partial charge in [-0.2, -0.15) is 0 Å². The predicted molar refractivity (Wildman–Crippen MR) is 64.4 cm³/mol. The van der Waals surface area contributed by atoms with E-state index in [1.807, 2.05) is 43.1 Å². The zero-order valence-corrected chi connectivity index (χ0v) is 10.5. The summed E-state index contributed by atoms with van der Waals surface area (Å²) in [5.74, 6) is -0.241. The van der Waals surface area contributed by atoms with Crippen molar-refractivity contribution in [3.63, 3.8) is 0 Å². The number of hydrogen-bond acceptors (Lipinski definition) is 3. The summed E-state index contributed by atoms with van der Waals surface area (Å²) in [7, 11) is 3.26. The number of hydrogen-bond donors (Lipinski definition) is 0. The highest BCUT2D eigenvalue weighted by Gasteiger charge is 2.18. The number of ether oxygens (including phenoxy) is 1. The normalized spacial score (nSPS) is 12.6. The molecule has 3 nitrogen and oxygen atoms in total. The molecule has 16 heavy (non-hydrogen) atoms. The Hall–Kier alpha value is -1.06. The second-order valence-electron chi connectivity index (χ2n) is 3.71. The molecule has 1 rings (SSSR count). The number of methoxy groups -OCH3 is 1. The smallest absolute Gasteiger partial charge is 0.322 e. The molecule has 0 amide bonds. The van der Waals surface area contributed by atoms with Gasteiger partial charge in [0.25, 0.3) is 0 Å². The Kier molecular flexibility index (Phi) is 4.77. The summed E-state index contributed by atoms with van der Waals surface area (Å²) >= 11 is 6.04. The van der Waals surface area contributed by atoms with Crippen LogP contribution in [0.1, 0.15) is 12.5 Å². The minimum Gasteiger partial charge on any atom is -0.468 e. The van der Waals surface area contributed by atoms with E-state index < -0.39 is 0 Å². The molecule has 0 radical (unpaired) electrons. The molecule has 0 heterocycles. The summed E-state index contributed by atoms with van der Waals surface area (Å²) in [6.07, 6.45) is 0. The summed E-state index contributed by atoms with van der Waals surface area (Å²) in [5, 5.41) is 0.714. The molecule has 1 unspecified atom stereocenters. The summed E-state index contributed by atoms with van der Waals surface area (Å²) < 4.78 is 4.69.